The van der Waals surface area contributed by atoms with Crippen molar-refractivity contribution in [3.05, 3.63) is 151 Å². The molecule has 0 saturated carbocycles. The molecule has 0 unspecified atom stereocenters. The van der Waals surface area contributed by atoms with E-state index in [1.165, 1.54) is 0 Å². The summed E-state index contributed by atoms with van der Waals surface area (Å²) >= 11 is 14.1. The van der Waals surface area contributed by atoms with Gasteiger partial charge >= 0.3 is 11.9 Å². The SMILES string of the molecule is Cc1cc(C(=O)Nc2scc(-c3ccc(Cl)cc3)c2C(=O)O)c(C)o1.Cc1oc(-c2ccccc2)cc1C(=O)Nc1scc(-c2ccc(Cl)cc2)c1C(=O)O. The van der Waals surface area contributed by atoms with Crippen molar-refractivity contribution in [3.63, 3.8) is 0 Å². The van der Waals surface area contributed by atoms with Crippen LogP contribution in [0.4, 0.5) is 10.0 Å². The van der Waals surface area contributed by atoms with E-state index in [0.29, 0.717) is 66.5 Å². The van der Waals surface area contributed by atoms with Gasteiger partial charge in [0, 0.05) is 37.5 Å². The van der Waals surface area contributed by atoms with Gasteiger partial charge in [-0.05, 0) is 68.3 Å². The highest BCUT2D eigenvalue weighted by atomic mass is 35.5. The second-order valence-electron chi connectivity index (χ2n) is 12.0. The molecule has 4 N–H and O–H groups in total. The topological polar surface area (TPSA) is 159 Å². The van der Waals surface area contributed by atoms with Gasteiger partial charge in [-0.15, -0.1) is 22.7 Å². The van der Waals surface area contributed by atoms with Gasteiger partial charge in [0.25, 0.3) is 11.8 Å². The molecule has 0 atom stereocenters. The standard InChI is InChI=1S/C23H16ClNO4S.C18H14ClNO4S/c1-13-17(11-19(29-13)15-5-3-2-4-6-15)21(26)25-22-20(23(27)28)18(12-30-22)14-7-9-16(24)10-8-14;1-9-7-13(10(2)24-9)16(21)20-17-15(18(22)23)14(8-25-17)11-3-5-12(19)6-4-11/h2-12H,1H3,(H,25,26)(H,27,28);3-8H,1-2H3,(H,20,21)(H,22,23). The third-order valence-electron chi connectivity index (χ3n) is 8.28. The zero-order valence-electron chi connectivity index (χ0n) is 29.2. The third kappa shape index (κ3) is 8.74. The minimum Gasteiger partial charge on any atom is -0.478 e. The van der Waals surface area contributed by atoms with E-state index in [4.69, 9.17) is 32.0 Å². The molecule has 4 heterocycles. The van der Waals surface area contributed by atoms with E-state index >= 15 is 0 Å². The molecule has 0 aliphatic heterocycles. The van der Waals surface area contributed by atoms with Crippen LogP contribution in [0.1, 0.15) is 58.7 Å². The first-order valence-corrected chi connectivity index (χ1v) is 18.9. The van der Waals surface area contributed by atoms with Crippen LogP contribution in [0.2, 0.25) is 10.0 Å². The highest BCUT2D eigenvalue weighted by molar-refractivity contribution is 7.15. The Kier molecular flexibility index (Phi) is 11.7. The van der Waals surface area contributed by atoms with Crippen LogP contribution in [0.25, 0.3) is 33.6 Å². The molecule has 0 aliphatic carbocycles. The first-order valence-electron chi connectivity index (χ1n) is 16.4. The van der Waals surface area contributed by atoms with E-state index in [9.17, 15) is 29.4 Å². The number of carbonyl (C=O) groups is 4. The Morgan fingerprint density at radius 1 is 0.582 bits per heavy atom. The summed E-state index contributed by atoms with van der Waals surface area (Å²) < 4.78 is 11.1. The number of anilines is 2. The summed E-state index contributed by atoms with van der Waals surface area (Å²) in [6, 6.07) is 26.5. The number of carboxylic acid groups (broad SMARTS) is 2. The fourth-order valence-corrected chi connectivity index (χ4v) is 7.82. The molecule has 4 aromatic heterocycles. The van der Waals surface area contributed by atoms with Gasteiger partial charge in [-0.2, -0.15) is 0 Å². The monoisotopic (exact) mass is 812 g/mol. The quantitative estimate of drug-likeness (QED) is 0.112. The molecule has 0 spiro atoms. The molecular formula is C41H30Cl2N2O8S2. The Hall–Kier alpha value is -5.92. The Bertz CT molecular complexity index is 2530. The van der Waals surface area contributed by atoms with Crippen molar-refractivity contribution in [2.45, 2.75) is 20.8 Å². The largest absolute Gasteiger partial charge is 0.478 e. The van der Waals surface area contributed by atoms with E-state index < -0.39 is 23.8 Å². The van der Waals surface area contributed by atoms with Gasteiger partial charge in [0.1, 0.15) is 44.2 Å². The van der Waals surface area contributed by atoms with Crippen LogP contribution in [-0.4, -0.2) is 34.0 Å². The smallest absolute Gasteiger partial charge is 0.339 e. The minimum absolute atomic E-state index is 0.0418. The molecular weight excluding hydrogens is 783 g/mol. The average Bonchev–Trinajstić information content (AvgIpc) is 3.95. The van der Waals surface area contributed by atoms with Crippen LogP contribution >= 0.6 is 45.9 Å². The summed E-state index contributed by atoms with van der Waals surface area (Å²) in [4.78, 5) is 49.0. The Balaban J connectivity index is 0.000000190. The molecule has 3 aromatic carbocycles. The fourth-order valence-electron chi connectivity index (χ4n) is 5.66. The van der Waals surface area contributed by atoms with Crippen LogP contribution in [0.5, 0.6) is 0 Å². The molecule has 0 radical (unpaired) electrons. The first kappa shape index (κ1) is 38.8. The molecule has 0 aliphatic rings. The molecule has 55 heavy (non-hydrogen) atoms. The molecule has 10 nitrogen and oxygen atoms in total. The Labute approximate surface area is 332 Å². The van der Waals surface area contributed by atoms with Gasteiger partial charge in [-0.25, -0.2) is 9.59 Å². The number of rotatable bonds is 9. The number of halogens is 2. The number of aromatic carboxylic acids is 2. The maximum Gasteiger partial charge on any atom is 0.339 e. The molecule has 0 fully saturated rings. The maximum absolute atomic E-state index is 12.9. The predicted octanol–water partition coefficient (Wildman–Crippen LogP) is 11.8. The number of furan rings is 2. The highest BCUT2D eigenvalue weighted by Gasteiger charge is 2.25. The summed E-state index contributed by atoms with van der Waals surface area (Å²) in [6.45, 7) is 5.14. The summed E-state index contributed by atoms with van der Waals surface area (Å²) in [5, 5.41) is 29.8. The van der Waals surface area contributed by atoms with Crippen LogP contribution in [0.15, 0.2) is 111 Å². The lowest BCUT2D eigenvalue weighted by molar-refractivity contribution is 0.0688. The predicted molar refractivity (Wildman–Crippen MR) is 216 cm³/mol. The van der Waals surface area contributed by atoms with Crippen molar-refractivity contribution in [2.75, 3.05) is 10.6 Å². The molecule has 278 valence electrons. The second kappa shape index (κ2) is 16.6. The van der Waals surface area contributed by atoms with Crippen LogP contribution in [-0.2, 0) is 0 Å². The highest BCUT2D eigenvalue weighted by Crippen LogP contribution is 2.38. The number of aryl methyl sites for hydroxylation is 3. The number of amides is 2. The van der Waals surface area contributed by atoms with Gasteiger partial charge in [0.15, 0.2) is 0 Å². The van der Waals surface area contributed by atoms with E-state index in [1.807, 2.05) is 30.3 Å². The Morgan fingerprint density at radius 3 is 1.44 bits per heavy atom. The van der Waals surface area contributed by atoms with Gasteiger partial charge < -0.3 is 29.7 Å². The lowest BCUT2D eigenvalue weighted by Crippen LogP contribution is -2.13. The van der Waals surface area contributed by atoms with E-state index in [0.717, 1.165) is 28.2 Å². The van der Waals surface area contributed by atoms with Crippen molar-refractivity contribution in [1.82, 2.24) is 0 Å². The maximum atomic E-state index is 12.9. The Morgan fingerprint density at radius 2 is 1.02 bits per heavy atom. The van der Waals surface area contributed by atoms with Gasteiger partial charge in [-0.1, -0.05) is 77.8 Å². The number of nitrogens with one attached hydrogen (secondary N) is 2. The van der Waals surface area contributed by atoms with Crippen molar-refractivity contribution in [2.24, 2.45) is 0 Å². The summed E-state index contributed by atoms with van der Waals surface area (Å²) in [6.07, 6.45) is 0. The summed E-state index contributed by atoms with van der Waals surface area (Å²) in [7, 11) is 0. The van der Waals surface area contributed by atoms with Crippen LogP contribution in [0, 0.1) is 20.8 Å². The normalized spacial score (nSPS) is 10.7. The average molecular weight is 814 g/mol. The summed E-state index contributed by atoms with van der Waals surface area (Å²) in [5.41, 5.74) is 4.17. The molecule has 0 bridgehead atoms. The molecule has 7 aromatic rings. The second-order valence-corrected chi connectivity index (χ2v) is 14.6. The van der Waals surface area contributed by atoms with Crippen LogP contribution < -0.4 is 10.6 Å². The molecule has 0 saturated heterocycles. The van der Waals surface area contributed by atoms with Crippen molar-refractivity contribution >= 4 is 79.6 Å². The molecule has 14 heteroatoms. The number of carbonyl (C=O) groups excluding carboxylic acids is 2. The van der Waals surface area contributed by atoms with Crippen LogP contribution in [0.3, 0.4) is 0 Å². The number of hydrogen-bond acceptors (Lipinski definition) is 8. The van der Waals surface area contributed by atoms with Crippen molar-refractivity contribution < 1.29 is 38.2 Å². The van der Waals surface area contributed by atoms with E-state index in [1.54, 1.807) is 92.2 Å². The number of thiophene rings is 2. The fraction of sp³-hybridized carbons (Fsp3) is 0.0732. The zero-order chi connectivity index (χ0) is 39.4. The zero-order valence-corrected chi connectivity index (χ0v) is 32.4. The molecule has 7 rings (SSSR count). The van der Waals surface area contributed by atoms with Gasteiger partial charge in [-0.3, -0.25) is 9.59 Å². The van der Waals surface area contributed by atoms with Gasteiger partial charge in [0.2, 0.25) is 0 Å². The summed E-state index contributed by atoms with van der Waals surface area (Å²) in [5.74, 6) is -0.920. The lowest BCUT2D eigenvalue weighted by Gasteiger charge is -2.06. The van der Waals surface area contributed by atoms with Crippen molar-refractivity contribution in [3.8, 4) is 33.6 Å². The van der Waals surface area contributed by atoms with E-state index in [2.05, 4.69) is 10.6 Å². The van der Waals surface area contributed by atoms with E-state index in [-0.39, 0.29) is 21.1 Å². The van der Waals surface area contributed by atoms with Gasteiger partial charge in [0.05, 0.1) is 11.1 Å². The number of benzene rings is 3. The van der Waals surface area contributed by atoms with Crippen molar-refractivity contribution in [1.29, 1.82) is 0 Å². The third-order valence-corrected chi connectivity index (χ3v) is 10.6. The number of hydrogen-bond donors (Lipinski definition) is 4. The minimum atomic E-state index is -1.12. The number of carboxylic acids is 2. The first-order chi connectivity index (χ1) is 26.3. The molecule has 2 amide bonds. The lowest BCUT2D eigenvalue weighted by atomic mass is 10.0.